The molecule has 0 atom stereocenters. The van der Waals surface area contributed by atoms with Gasteiger partial charge < -0.3 is 11.1 Å². The Kier molecular flexibility index (Phi) is 3.20. The fourth-order valence-corrected chi connectivity index (χ4v) is 1.18. The van der Waals surface area contributed by atoms with Crippen LogP contribution in [0.2, 0.25) is 0 Å². The number of pyridine rings is 1. The van der Waals surface area contributed by atoms with Gasteiger partial charge in [0.05, 0.1) is 5.69 Å². The fraction of sp³-hybridized carbons (Fsp3) is 0.200. The van der Waals surface area contributed by atoms with Crippen LogP contribution < -0.4 is 11.1 Å². The van der Waals surface area contributed by atoms with Gasteiger partial charge in [-0.25, -0.2) is 4.98 Å². The van der Waals surface area contributed by atoms with Crippen LogP contribution in [0.4, 0.5) is 11.5 Å². The number of nitrogens with zero attached hydrogens (tertiary/aromatic N) is 2. The lowest BCUT2D eigenvalue weighted by Gasteiger charge is -2.07. The number of amides is 1. The van der Waals surface area contributed by atoms with Crippen molar-refractivity contribution in [2.24, 2.45) is 0 Å². The summed E-state index contributed by atoms with van der Waals surface area (Å²) in [5.41, 5.74) is 5.69. The Morgan fingerprint density at radius 2 is 2.12 bits per heavy atom. The second-order valence-corrected chi connectivity index (χ2v) is 3.17. The first-order chi connectivity index (χ1) is 7.45. The molecule has 82 valence electrons. The van der Waals surface area contributed by atoms with Crippen molar-refractivity contribution in [2.45, 2.75) is 13.8 Å². The first-order valence-electron chi connectivity index (χ1n) is 4.45. The van der Waals surface area contributed by atoms with Crippen molar-refractivity contribution in [1.82, 2.24) is 4.98 Å². The van der Waals surface area contributed by atoms with E-state index in [1.807, 2.05) is 0 Å². The monoisotopic (exact) mass is 218 g/mol. The molecule has 1 aromatic rings. The second-order valence-electron chi connectivity index (χ2n) is 3.17. The molecule has 0 aliphatic rings. The van der Waals surface area contributed by atoms with Crippen molar-refractivity contribution in [1.29, 1.82) is 5.26 Å². The number of nitrogens with one attached hydrogen (secondary N) is 1. The van der Waals surface area contributed by atoms with Gasteiger partial charge in [-0.3, -0.25) is 9.59 Å². The van der Waals surface area contributed by atoms with Crippen molar-refractivity contribution in [3.63, 3.8) is 0 Å². The van der Waals surface area contributed by atoms with Crippen LogP contribution in [0, 0.1) is 11.3 Å². The minimum Gasteiger partial charge on any atom is -0.397 e. The minimum absolute atomic E-state index is 0.0293. The molecule has 1 rings (SSSR count). The number of hydrogen-bond acceptors (Lipinski definition) is 5. The number of hydrogen-bond donors (Lipinski definition) is 2. The molecule has 6 heteroatoms. The van der Waals surface area contributed by atoms with E-state index in [0.29, 0.717) is 0 Å². The summed E-state index contributed by atoms with van der Waals surface area (Å²) >= 11 is 0. The lowest BCUT2D eigenvalue weighted by Crippen LogP contribution is -2.12. The molecule has 3 N–H and O–H groups in total. The fourth-order valence-electron chi connectivity index (χ4n) is 1.18. The van der Waals surface area contributed by atoms with Crippen molar-refractivity contribution < 1.29 is 9.59 Å². The topological polar surface area (TPSA) is 109 Å². The Morgan fingerprint density at radius 1 is 1.50 bits per heavy atom. The molecular weight excluding hydrogens is 208 g/mol. The molecule has 0 bridgehead atoms. The molecule has 0 saturated heterocycles. The van der Waals surface area contributed by atoms with Crippen molar-refractivity contribution in [3.05, 3.63) is 17.3 Å². The number of nitriles is 1. The van der Waals surface area contributed by atoms with Gasteiger partial charge in [0.1, 0.15) is 23.1 Å². The highest BCUT2D eigenvalue weighted by atomic mass is 16.1. The zero-order valence-corrected chi connectivity index (χ0v) is 8.87. The second kappa shape index (κ2) is 4.40. The first kappa shape index (κ1) is 11.7. The maximum absolute atomic E-state index is 11.2. The van der Waals surface area contributed by atoms with Gasteiger partial charge in [-0.2, -0.15) is 5.26 Å². The summed E-state index contributed by atoms with van der Waals surface area (Å²) in [7, 11) is 0. The van der Waals surface area contributed by atoms with Crippen LogP contribution in [0.15, 0.2) is 6.07 Å². The molecule has 0 spiro atoms. The molecule has 0 saturated carbocycles. The highest BCUT2D eigenvalue weighted by Crippen LogP contribution is 2.19. The van der Waals surface area contributed by atoms with E-state index in [0.717, 1.165) is 0 Å². The lowest BCUT2D eigenvalue weighted by molar-refractivity contribution is -0.114. The largest absolute Gasteiger partial charge is 0.397 e. The number of carbonyl (C=O) groups is 2. The smallest absolute Gasteiger partial charge is 0.222 e. The third-order valence-electron chi connectivity index (χ3n) is 1.80. The number of rotatable bonds is 2. The van der Waals surface area contributed by atoms with E-state index in [2.05, 4.69) is 10.3 Å². The summed E-state index contributed by atoms with van der Waals surface area (Å²) in [6, 6.07) is 3.14. The quantitative estimate of drug-likeness (QED) is 0.710. The third-order valence-corrected chi connectivity index (χ3v) is 1.80. The van der Waals surface area contributed by atoms with Crippen molar-refractivity contribution in [3.8, 4) is 6.07 Å². The molecule has 0 fully saturated rings. The zero-order valence-electron chi connectivity index (χ0n) is 8.87. The maximum Gasteiger partial charge on any atom is 0.222 e. The SMILES string of the molecule is CC(=O)Nc1cc(N)c(C#N)c(C(C)=O)n1. The molecule has 0 unspecified atom stereocenters. The van der Waals surface area contributed by atoms with Crippen LogP contribution in [-0.2, 0) is 4.79 Å². The van der Waals surface area contributed by atoms with E-state index in [1.165, 1.54) is 19.9 Å². The van der Waals surface area contributed by atoms with Crippen molar-refractivity contribution >= 4 is 23.2 Å². The van der Waals surface area contributed by atoms with Gasteiger partial charge in [0.15, 0.2) is 5.78 Å². The van der Waals surface area contributed by atoms with E-state index in [-0.39, 0.29) is 34.5 Å². The zero-order chi connectivity index (χ0) is 12.3. The Bertz CT molecular complexity index is 502. The van der Waals surface area contributed by atoms with Crippen LogP contribution in [0.1, 0.15) is 29.9 Å². The Hall–Kier alpha value is -2.42. The Labute approximate surface area is 92.1 Å². The molecular formula is C10H10N4O2. The Morgan fingerprint density at radius 3 is 2.56 bits per heavy atom. The number of anilines is 2. The molecule has 16 heavy (non-hydrogen) atoms. The van der Waals surface area contributed by atoms with E-state index < -0.39 is 0 Å². The van der Waals surface area contributed by atoms with E-state index in [9.17, 15) is 9.59 Å². The summed E-state index contributed by atoms with van der Waals surface area (Å²) in [6.07, 6.45) is 0. The molecule has 1 aromatic heterocycles. The normalized spacial score (nSPS) is 9.31. The molecule has 1 amide bonds. The van der Waals surface area contributed by atoms with Gasteiger partial charge in [0.2, 0.25) is 5.91 Å². The van der Waals surface area contributed by atoms with Gasteiger partial charge in [0, 0.05) is 19.9 Å². The average Bonchev–Trinajstić information content (AvgIpc) is 2.15. The number of ketones is 1. The number of aromatic nitrogens is 1. The molecule has 0 aliphatic carbocycles. The highest BCUT2D eigenvalue weighted by molar-refractivity contribution is 5.97. The van der Waals surface area contributed by atoms with Gasteiger partial charge >= 0.3 is 0 Å². The summed E-state index contributed by atoms with van der Waals surface area (Å²) in [5.74, 6) is -0.546. The van der Waals surface area contributed by atoms with Crippen LogP contribution in [0.25, 0.3) is 0 Å². The highest BCUT2D eigenvalue weighted by Gasteiger charge is 2.14. The van der Waals surface area contributed by atoms with Crippen LogP contribution in [0.3, 0.4) is 0 Å². The average molecular weight is 218 g/mol. The number of Topliss-reactive ketones (excluding diaryl/α,β-unsaturated/α-hetero) is 1. The van der Waals surface area contributed by atoms with Gasteiger partial charge in [0.25, 0.3) is 0 Å². The van der Waals surface area contributed by atoms with Crippen LogP contribution >= 0.6 is 0 Å². The number of nitrogen functional groups attached to an aromatic ring is 1. The van der Waals surface area contributed by atoms with Gasteiger partial charge in [-0.1, -0.05) is 0 Å². The summed E-state index contributed by atoms with van der Waals surface area (Å²) in [5, 5.41) is 11.2. The summed E-state index contributed by atoms with van der Waals surface area (Å²) in [6.45, 7) is 2.59. The van der Waals surface area contributed by atoms with E-state index in [4.69, 9.17) is 11.0 Å². The van der Waals surface area contributed by atoms with Crippen LogP contribution in [0.5, 0.6) is 0 Å². The van der Waals surface area contributed by atoms with Crippen molar-refractivity contribution in [2.75, 3.05) is 11.1 Å². The minimum atomic E-state index is -0.379. The van der Waals surface area contributed by atoms with Gasteiger partial charge in [-0.05, 0) is 0 Å². The molecule has 1 heterocycles. The standard InChI is InChI=1S/C10H10N4O2/c1-5(15)10-7(4-11)8(12)3-9(14-10)13-6(2)16/h3H,1-2H3,(H3,12,13,14,16). The van der Waals surface area contributed by atoms with Gasteiger partial charge in [-0.15, -0.1) is 0 Å². The Balaban J connectivity index is 3.35. The maximum atomic E-state index is 11.2. The van der Waals surface area contributed by atoms with E-state index in [1.54, 1.807) is 6.07 Å². The first-order valence-corrected chi connectivity index (χ1v) is 4.45. The summed E-state index contributed by atoms with van der Waals surface area (Å²) < 4.78 is 0. The lowest BCUT2D eigenvalue weighted by atomic mass is 10.1. The molecule has 6 nitrogen and oxygen atoms in total. The molecule has 0 aliphatic heterocycles. The molecule has 0 aromatic carbocycles. The molecule has 0 radical (unpaired) electrons. The predicted octanol–water partition coefficient (Wildman–Crippen LogP) is 0.696. The van der Waals surface area contributed by atoms with Crippen LogP contribution in [-0.4, -0.2) is 16.7 Å². The van der Waals surface area contributed by atoms with E-state index >= 15 is 0 Å². The summed E-state index contributed by atoms with van der Waals surface area (Å²) in [4.78, 5) is 25.9. The number of carbonyl (C=O) groups excluding carboxylic acids is 2. The third kappa shape index (κ3) is 2.33. The number of nitrogens with two attached hydrogens (primary N) is 1. The predicted molar refractivity (Wildman–Crippen MR) is 57.7 cm³/mol.